The summed E-state index contributed by atoms with van der Waals surface area (Å²) in [5.74, 6) is 0.313. The lowest BCUT2D eigenvalue weighted by Crippen LogP contribution is -2.15. The van der Waals surface area contributed by atoms with Crippen molar-refractivity contribution in [2.75, 3.05) is 17.1 Å². The summed E-state index contributed by atoms with van der Waals surface area (Å²) in [6, 6.07) is 7.47. The van der Waals surface area contributed by atoms with Crippen molar-refractivity contribution >= 4 is 27.4 Å². The van der Waals surface area contributed by atoms with Gasteiger partial charge < -0.3 is 10.1 Å². The minimum absolute atomic E-state index is 0.0520. The summed E-state index contributed by atoms with van der Waals surface area (Å²) in [7, 11) is -2.39. The molecule has 0 spiro atoms. The molecular weight excluding hydrogens is 548 g/mol. The molecule has 8 nitrogen and oxygen atoms in total. The summed E-state index contributed by atoms with van der Waals surface area (Å²) in [5.41, 5.74) is 0.570. The molecule has 0 radical (unpaired) electrons. The number of ether oxygens (including phenoxy) is 1. The lowest BCUT2D eigenvalue weighted by molar-refractivity contribution is -0.116. The van der Waals surface area contributed by atoms with Gasteiger partial charge in [0.25, 0.3) is 10.0 Å². The highest BCUT2D eigenvalue weighted by atomic mass is 32.2. The fourth-order valence-corrected chi connectivity index (χ4v) is 6.01. The zero-order chi connectivity index (χ0) is 30.3. The van der Waals surface area contributed by atoms with Crippen LogP contribution in [0.15, 0.2) is 41.6 Å². The number of hydrogen-bond donors (Lipinski definition) is 2. The van der Waals surface area contributed by atoms with Crippen molar-refractivity contribution < 1.29 is 17.9 Å². The number of nitrogens with zero attached hydrogens (tertiary/aromatic N) is 2. The molecule has 2 N–H and O–H groups in total. The van der Waals surface area contributed by atoms with Gasteiger partial charge in [0.05, 0.1) is 12.0 Å². The number of carbonyl (C=O) groups is 1. The van der Waals surface area contributed by atoms with E-state index in [0.717, 1.165) is 12.8 Å². The molecule has 1 aromatic heterocycles. The number of hydrogen-bond acceptors (Lipinski definition) is 6. The van der Waals surface area contributed by atoms with Crippen molar-refractivity contribution in [1.29, 1.82) is 0 Å². The molecule has 0 fully saturated rings. The number of rotatable bonds is 25. The molecular formula is C33H54N4O4S. The molecule has 1 heterocycles. The van der Waals surface area contributed by atoms with Crippen LogP contribution in [0, 0.1) is 0 Å². The molecule has 42 heavy (non-hydrogen) atoms. The Bertz CT molecular complexity index is 1090. The Morgan fingerprint density at radius 2 is 1.19 bits per heavy atom. The first-order valence-electron chi connectivity index (χ1n) is 16.2. The molecule has 1 aromatic carbocycles. The van der Waals surface area contributed by atoms with Crippen LogP contribution in [0.2, 0.25) is 0 Å². The molecule has 236 valence electrons. The Kier molecular flexibility index (Phi) is 18.6. The van der Waals surface area contributed by atoms with Crippen LogP contribution < -0.4 is 14.8 Å². The van der Waals surface area contributed by atoms with E-state index < -0.39 is 10.0 Å². The molecule has 0 saturated carbocycles. The monoisotopic (exact) mass is 602 g/mol. The topological polar surface area (TPSA) is 110 Å². The smallest absolute Gasteiger partial charge is 0.263 e. The van der Waals surface area contributed by atoms with Crippen LogP contribution in [0.1, 0.15) is 135 Å². The predicted molar refractivity (Wildman–Crippen MR) is 172 cm³/mol. The van der Waals surface area contributed by atoms with Crippen LogP contribution in [0.4, 0.5) is 11.5 Å². The highest BCUT2D eigenvalue weighted by Gasteiger charge is 2.15. The molecule has 0 bridgehead atoms. The number of methoxy groups -OCH3 is 1. The first-order valence-corrected chi connectivity index (χ1v) is 17.7. The lowest BCUT2D eigenvalue weighted by Gasteiger charge is -2.09. The van der Waals surface area contributed by atoms with Crippen LogP contribution >= 0.6 is 0 Å². The van der Waals surface area contributed by atoms with E-state index in [1.54, 1.807) is 12.1 Å². The Hall–Kier alpha value is -2.68. The van der Waals surface area contributed by atoms with E-state index in [2.05, 4.69) is 26.9 Å². The number of unbranched alkanes of at least 4 members (excludes halogenated alkanes) is 18. The highest BCUT2D eigenvalue weighted by molar-refractivity contribution is 7.92. The maximum atomic E-state index is 12.6. The number of anilines is 2. The maximum Gasteiger partial charge on any atom is 0.263 e. The number of nitrogens with one attached hydrogen (secondary N) is 2. The minimum Gasteiger partial charge on any atom is -0.481 e. The minimum atomic E-state index is -3.83. The van der Waals surface area contributed by atoms with Gasteiger partial charge in [-0.3, -0.25) is 9.52 Å². The number of sulfonamides is 1. The van der Waals surface area contributed by atoms with Crippen LogP contribution in [-0.4, -0.2) is 31.4 Å². The molecule has 0 unspecified atom stereocenters. The van der Waals surface area contributed by atoms with E-state index in [1.165, 1.54) is 141 Å². The van der Waals surface area contributed by atoms with Crippen molar-refractivity contribution in [3.05, 3.63) is 36.7 Å². The average Bonchev–Trinajstić information content (AvgIpc) is 2.98. The summed E-state index contributed by atoms with van der Waals surface area (Å²) < 4.78 is 32.7. The van der Waals surface area contributed by atoms with Crippen LogP contribution in [-0.2, 0) is 14.8 Å². The summed E-state index contributed by atoms with van der Waals surface area (Å²) >= 11 is 0. The van der Waals surface area contributed by atoms with E-state index in [4.69, 9.17) is 4.74 Å². The van der Waals surface area contributed by atoms with Gasteiger partial charge in [0.15, 0.2) is 0 Å². The SMILES string of the molecule is CCCCCCCCCCCCCCCCCCCCCC(=O)Nc1ccc(S(=O)(=O)Nc2cc(OC)ncn2)cc1. The number of benzene rings is 1. The Labute approximate surface area is 254 Å². The van der Waals surface area contributed by atoms with E-state index in [9.17, 15) is 13.2 Å². The van der Waals surface area contributed by atoms with E-state index in [1.807, 2.05) is 0 Å². The molecule has 0 aliphatic rings. The third-order valence-corrected chi connectivity index (χ3v) is 8.92. The molecule has 9 heteroatoms. The normalized spacial score (nSPS) is 11.4. The van der Waals surface area contributed by atoms with Crippen molar-refractivity contribution in [3.63, 3.8) is 0 Å². The zero-order valence-electron chi connectivity index (χ0n) is 26.0. The van der Waals surface area contributed by atoms with Crippen LogP contribution in [0.25, 0.3) is 0 Å². The third kappa shape index (κ3) is 16.1. The van der Waals surface area contributed by atoms with Gasteiger partial charge in [0.1, 0.15) is 12.1 Å². The van der Waals surface area contributed by atoms with Gasteiger partial charge in [-0.05, 0) is 30.7 Å². The Morgan fingerprint density at radius 3 is 1.67 bits per heavy atom. The van der Waals surface area contributed by atoms with Gasteiger partial charge in [-0.25, -0.2) is 18.4 Å². The number of aromatic nitrogens is 2. The van der Waals surface area contributed by atoms with Crippen molar-refractivity contribution in [3.8, 4) is 5.88 Å². The molecule has 0 aliphatic heterocycles. The lowest BCUT2D eigenvalue weighted by atomic mass is 10.0. The van der Waals surface area contributed by atoms with Crippen molar-refractivity contribution in [2.24, 2.45) is 0 Å². The molecule has 0 saturated heterocycles. The second-order valence-corrected chi connectivity index (χ2v) is 12.9. The van der Waals surface area contributed by atoms with Gasteiger partial charge in [0.2, 0.25) is 11.8 Å². The Balaban J connectivity index is 1.45. The molecule has 0 aliphatic carbocycles. The first-order chi connectivity index (χ1) is 20.4. The number of amides is 1. The molecule has 2 rings (SSSR count). The fraction of sp³-hybridized carbons (Fsp3) is 0.667. The summed E-state index contributed by atoms with van der Waals surface area (Å²) in [6.07, 6.45) is 26.9. The Morgan fingerprint density at radius 1 is 0.714 bits per heavy atom. The van der Waals surface area contributed by atoms with Gasteiger partial charge in [-0.2, -0.15) is 0 Å². The van der Waals surface area contributed by atoms with Gasteiger partial charge >= 0.3 is 0 Å². The maximum absolute atomic E-state index is 12.6. The quantitative estimate of drug-likeness (QED) is 0.110. The van der Waals surface area contributed by atoms with E-state index in [0.29, 0.717) is 12.1 Å². The van der Waals surface area contributed by atoms with Gasteiger partial charge in [0, 0.05) is 18.2 Å². The summed E-state index contributed by atoms with van der Waals surface area (Å²) in [6.45, 7) is 2.28. The first kappa shape index (κ1) is 35.5. The average molecular weight is 603 g/mol. The third-order valence-electron chi connectivity index (χ3n) is 7.55. The zero-order valence-corrected chi connectivity index (χ0v) is 26.9. The van der Waals surface area contributed by atoms with E-state index >= 15 is 0 Å². The highest BCUT2D eigenvalue weighted by Crippen LogP contribution is 2.19. The van der Waals surface area contributed by atoms with Crippen LogP contribution in [0.5, 0.6) is 5.88 Å². The second kappa shape index (κ2) is 21.9. The molecule has 1 amide bonds. The van der Waals surface area contributed by atoms with Crippen molar-refractivity contribution in [2.45, 2.75) is 140 Å². The summed E-state index contributed by atoms with van der Waals surface area (Å²) in [4.78, 5) is 20.1. The standard InChI is InChI=1S/C33H54N4O4S/c1-3-4-5-6-7-8-9-10-11-12-13-14-15-16-17-18-19-20-21-22-32(38)36-29-23-25-30(26-24-29)42(39,40)37-31-27-33(41-2)35-28-34-31/h23-28H,3-22H2,1-2H3,(H,36,38)(H,34,35,37). The summed E-state index contributed by atoms with van der Waals surface area (Å²) in [5, 5.41) is 2.85. The van der Waals surface area contributed by atoms with Crippen LogP contribution in [0.3, 0.4) is 0 Å². The second-order valence-electron chi connectivity index (χ2n) is 11.2. The number of carbonyl (C=O) groups excluding carboxylic acids is 1. The fourth-order valence-electron chi connectivity index (χ4n) is 5.01. The molecule has 2 aromatic rings. The largest absolute Gasteiger partial charge is 0.481 e. The van der Waals surface area contributed by atoms with Gasteiger partial charge in [-0.15, -0.1) is 0 Å². The predicted octanol–water partition coefficient (Wildman–Crippen LogP) is 9.05. The van der Waals surface area contributed by atoms with Crippen molar-refractivity contribution in [1.82, 2.24) is 9.97 Å². The van der Waals surface area contributed by atoms with E-state index in [-0.39, 0.29) is 22.5 Å². The van der Waals surface area contributed by atoms with Gasteiger partial charge in [-0.1, -0.05) is 122 Å². The molecule has 0 atom stereocenters.